The standard InChI is InChI=1S/C25H22F3N3/c1-24(2,3)17-13-11-16(12-14-17)22-30-21-10-5-4-9-20(21)23(31-22)29-19-8-6-7-18(15-19)25(26,27)28/h4-15H,1-3H3,(H,29,30,31). The highest BCUT2D eigenvalue weighted by atomic mass is 19.4. The van der Waals surface area contributed by atoms with Gasteiger partial charge in [-0.25, -0.2) is 9.97 Å². The smallest absolute Gasteiger partial charge is 0.340 e. The molecule has 0 amide bonds. The van der Waals surface area contributed by atoms with Gasteiger partial charge in [0.1, 0.15) is 5.82 Å². The van der Waals surface area contributed by atoms with Crippen molar-refractivity contribution in [3.63, 3.8) is 0 Å². The molecule has 4 aromatic rings. The number of hydrogen-bond acceptors (Lipinski definition) is 3. The topological polar surface area (TPSA) is 37.8 Å². The van der Waals surface area contributed by atoms with Gasteiger partial charge < -0.3 is 5.32 Å². The van der Waals surface area contributed by atoms with Crippen LogP contribution in [0, 0.1) is 0 Å². The van der Waals surface area contributed by atoms with E-state index in [1.807, 2.05) is 48.5 Å². The number of benzene rings is 3. The van der Waals surface area contributed by atoms with Gasteiger partial charge in [0.05, 0.1) is 11.1 Å². The van der Waals surface area contributed by atoms with Crippen LogP contribution in [-0.4, -0.2) is 9.97 Å². The highest BCUT2D eigenvalue weighted by molar-refractivity contribution is 5.92. The number of anilines is 2. The number of alkyl halides is 3. The molecule has 6 heteroatoms. The second-order valence-electron chi connectivity index (χ2n) is 8.44. The first-order chi connectivity index (χ1) is 14.6. The Balaban J connectivity index is 1.77. The van der Waals surface area contributed by atoms with E-state index in [4.69, 9.17) is 0 Å². The normalized spacial score (nSPS) is 12.2. The Morgan fingerprint density at radius 2 is 1.45 bits per heavy atom. The first-order valence-electron chi connectivity index (χ1n) is 9.93. The van der Waals surface area contributed by atoms with Gasteiger partial charge in [0.2, 0.25) is 0 Å². The fourth-order valence-corrected chi connectivity index (χ4v) is 3.33. The minimum atomic E-state index is -4.41. The first-order valence-corrected chi connectivity index (χ1v) is 9.93. The largest absolute Gasteiger partial charge is 0.416 e. The van der Waals surface area contributed by atoms with Crippen molar-refractivity contribution in [2.75, 3.05) is 5.32 Å². The summed E-state index contributed by atoms with van der Waals surface area (Å²) in [6.45, 7) is 6.43. The SMILES string of the molecule is CC(C)(C)c1ccc(-c2nc(Nc3cccc(C(F)(F)F)c3)c3ccccc3n2)cc1. The molecule has 0 aliphatic rings. The average Bonchev–Trinajstić information content (AvgIpc) is 2.73. The molecule has 3 aromatic carbocycles. The fourth-order valence-electron chi connectivity index (χ4n) is 3.33. The Bertz CT molecular complexity index is 1220. The molecule has 1 heterocycles. The number of nitrogens with zero attached hydrogens (tertiary/aromatic N) is 2. The molecule has 0 spiro atoms. The monoisotopic (exact) mass is 421 g/mol. The molecule has 1 aromatic heterocycles. The summed E-state index contributed by atoms with van der Waals surface area (Å²) in [6.07, 6.45) is -4.41. The summed E-state index contributed by atoms with van der Waals surface area (Å²) in [5.74, 6) is 0.966. The maximum absolute atomic E-state index is 13.1. The summed E-state index contributed by atoms with van der Waals surface area (Å²) in [6, 6.07) is 20.6. The van der Waals surface area contributed by atoms with Crippen molar-refractivity contribution in [1.29, 1.82) is 0 Å². The molecule has 0 aliphatic heterocycles. The Labute approximate surface area is 179 Å². The fraction of sp³-hybridized carbons (Fsp3) is 0.200. The van der Waals surface area contributed by atoms with Crippen LogP contribution in [0.1, 0.15) is 31.9 Å². The molecule has 3 nitrogen and oxygen atoms in total. The zero-order valence-electron chi connectivity index (χ0n) is 17.5. The lowest BCUT2D eigenvalue weighted by atomic mass is 9.87. The molecule has 0 saturated heterocycles. The Morgan fingerprint density at radius 3 is 2.13 bits per heavy atom. The predicted octanol–water partition coefficient (Wildman–Crippen LogP) is 7.36. The molecule has 0 unspecified atom stereocenters. The van der Waals surface area contributed by atoms with Crippen molar-refractivity contribution in [3.8, 4) is 11.4 Å². The van der Waals surface area contributed by atoms with Gasteiger partial charge in [0, 0.05) is 16.6 Å². The van der Waals surface area contributed by atoms with E-state index >= 15 is 0 Å². The minimum absolute atomic E-state index is 0.0268. The lowest BCUT2D eigenvalue weighted by Gasteiger charge is -2.19. The second-order valence-corrected chi connectivity index (χ2v) is 8.44. The summed E-state index contributed by atoms with van der Waals surface area (Å²) in [5, 5.41) is 3.79. The number of fused-ring (bicyclic) bond motifs is 1. The maximum Gasteiger partial charge on any atom is 0.416 e. The summed E-state index contributed by atoms with van der Waals surface area (Å²) in [7, 11) is 0. The van der Waals surface area contributed by atoms with E-state index in [0.717, 1.165) is 23.1 Å². The molecule has 0 atom stereocenters. The maximum atomic E-state index is 13.1. The summed E-state index contributed by atoms with van der Waals surface area (Å²) in [4.78, 5) is 9.31. The first kappa shape index (κ1) is 20.8. The lowest BCUT2D eigenvalue weighted by Crippen LogP contribution is -2.10. The van der Waals surface area contributed by atoms with Crippen LogP contribution in [-0.2, 0) is 11.6 Å². The number of nitrogens with one attached hydrogen (secondary N) is 1. The average molecular weight is 421 g/mol. The molecular formula is C25H22F3N3. The molecule has 0 aliphatic carbocycles. The van der Waals surface area contributed by atoms with Crippen molar-refractivity contribution in [2.45, 2.75) is 32.4 Å². The second kappa shape index (κ2) is 7.69. The van der Waals surface area contributed by atoms with E-state index in [0.29, 0.717) is 22.8 Å². The van der Waals surface area contributed by atoms with Crippen LogP contribution in [0.5, 0.6) is 0 Å². The summed E-state index contributed by atoms with van der Waals surface area (Å²) in [5.41, 5.74) is 2.37. The van der Waals surface area contributed by atoms with Crippen LogP contribution in [0.15, 0.2) is 72.8 Å². The van der Waals surface area contributed by atoms with Gasteiger partial charge in [0.25, 0.3) is 0 Å². The number of halogens is 3. The predicted molar refractivity (Wildman–Crippen MR) is 118 cm³/mol. The van der Waals surface area contributed by atoms with Crippen LogP contribution in [0.4, 0.5) is 24.7 Å². The van der Waals surface area contributed by atoms with Gasteiger partial charge in [-0.05, 0) is 41.3 Å². The summed E-state index contributed by atoms with van der Waals surface area (Å²) >= 11 is 0. The molecule has 0 fully saturated rings. The van der Waals surface area contributed by atoms with Gasteiger partial charge >= 0.3 is 6.18 Å². The van der Waals surface area contributed by atoms with Crippen molar-refractivity contribution < 1.29 is 13.2 Å². The Hall–Kier alpha value is -3.41. The zero-order chi connectivity index (χ0) is 22.2. The van der Waals surface area contributed by atoms with Crippen molar-refractivity contribution in [3.05, 3.63) is 83.9 Å². The van der Waals surface area contributed by atoms with E-state index in [2.05, 4.69) is 36.1 Å². The van der Waals surface area contributed by atoms with E-state index in [1.165, 1.54) is 11.6 Å². The third kappa shape index (κ3) is 4.53. The van der Waals surface area contributed by atoms with Crippen LogP contribution >= 0.6 is 0 Å². The molecular weight excluding hydrogens is 399 g/mol. The third-order valence-corrected chi connectivity index (χ3v) is 5.06. The summed E-state index contributed by atoms with van der Waals surface area (Å²) < 4.78 is 39.3. The molecule has 158 valence electrons. The van der Waals surface area contributed by atoms with Crippen LogP contribution in [0.2, 0.25) is 0 Å². The number of rotatable bonds is 3. The van der Waals surface area contributed by atoms with Gasteiger partial charge in [-0.15, -0.1) is 0 Å². The quantitative estimate of drug-likeness (QED) is 0.376. The van der Waals surface area contributed by atoms with E-state index in [1.54, 1.807) is 6.07 Å². The van der Waals surface area contributed by atoms with E-state index < -0.39 is 11.7 Å². The molecule has 31 heavy (non-hydrogen) atoms. The third-order valence-electron chi connectivity index (χ3n) is 5.06. The van der Waals surface area contributed by atoms with Crippen LogP contribution in [0.3, 0.4) is 0 Å². The van der Waals surface area contributed by atoms with Crippen molar-refractivity contribution in [2.24, 2.45) is 0 Å². The molecule has 0 saturated carbocycles. The Morgan fingerprint density at radius 1 is 0.742 bits per heavy atom. The lowest BCUT2D eigenvalue weighted by molar-refractivity contribution is -0.137. The number of aromatic nitrogens is 2. The molecule has 0 bridgehead atoms. The van der Waals surface area contributed by atoms with Crippen LogP contribution < -0.4 is 5.32 Å². The minimum Gasteiger partial charge on any atom is -0.340 e. The van der Waals surface area contributed by atoms with Gasteiger partial charge in [-0.2, -0.15) is 13.2 Å². The van der Waals surface area contributed by atoms with E-state index in [-0.39, 0.29) is 5.41 Å². The van der Waals surface area contributed by atoms with Crippen LogP contribution in [0.25, 0.3) is 22.3 Å². The van der Waals surface area contributed by atoms with Gasteiger partial charge in [-0.1, -0.05) is 63.2 Å². The van der Waals surface area contributed by atoms with E-state index in [9.17, 15) is 13.2 Å². The molecule has 4 rings (SSSR count). The molecule has 0 radical (unpaired) electrons. The zero-order valence-corrected chi connectivity index (χ0v) is 17.5. The molecule has 1 N–H and O–H groups in total. The Kier molecular flexibility index (Phi) is 5.17. The number of hydrogen-bond donors (Lipinski definition) is 1. The van der Waals surface area contributed by atoms with Gasteiger partial charge in [0.15, 0.2) is 5.82 Å². The highest BCUT2D eigenvalue weighted by Gasteiger charge is 2.30. The highest BCUT2D eigenvalue weighted by Crippen LogP contribution is 2.33. The van der Waals surface area contributed by atoms with Crippen molar-refractivity contribution >= 4 is 22.4 Å². The van der Waals surface area contributed by atoms with Gasteiger partial charge in [-0.3, -0.25) is 0 Å². The number of para-hydroxylation sites is 1. The van der Waals surface area contributed by atoms with Crippen molar-refractivity contribution in [1.82, 2.24) is 9.97 Å².